The highest BCUT2D eigenvalue weighted by Crippen LogP contribution is 2.49. The van der Waals surface area contributed by atoms with Gasteiger partial charge in [-0.1, -0.05) is 55.3 Å². The van der Waals surface area contributed by atoms with Crippen LogP contribution in [-0.4, -0.2) is 11.0 Å². The first-order valence-corrected chi connectivity index (χ1v) is 12.8. The van der Waals surface area contributed by atoms with Gasteiger partial charge in [-0.2, -0.15) is 0 Å². The first-order chi connectivity index (χ1) is 17.0. The Labute approximate surface area is 206 Å². The molecule has 5 heteroatoms. The summed E-state index contributed by atoms with van der Waals surface area (Å²) in [6.07, 6.45) is 7.67. The van der Waals surface area contributed by atoms with Gasteiger partial charge in [-0.15, -0.1) is 0 Å². The maximum absolute atomic E-state index is 13.2. The van der Waals surface area contributed by atoms with Crippen molar-refractivity contribution in [3.05, 3.63) is 93.0 Å². The van der Waals surface area contributed by atoms with Crippen molar-refractivity contribution in [2.24, 2.45) is 5.92 Å². The van der Waals surface area contributed by atoms with Crippen molar-refractivity contribution in [3.8, 4) is 5.75 Å². The van der Waals surface area contributed by atoms with Gasteiger partial charge in [0.15, 0.2) is 0 Å². The Morgan fingerprint density at radius 3 is 2.49 bits per heavy atom. The second-order valence-electron chi connectivity index (χ2n) is 9.97. The normalized spacial score (nSPS) is 16.6. The first kappa shape index (κ1) is 23.4. The molecule has 35 heavy (non-hydrogen) atoms. The molecule has 1 saturated carbocycles. The zero-order chi connectivity index (χ0) is 24.4. The number of fused-ring (bicyclic) bond motifs is 1. The topological polar surface area (TPSA) is 70.8 Å². The predicted octanol–water partition coefficient (Wildman–Crippen LogP) is 6.10. The van der Waals surface area contributed by atoms with E-state index in [1.54, 1.807) is 11.8 Å². The molecule has 0 aliphatic heterocycles. The molecule has 1 N–H and O–H groups in total. The summed E-state index contributed by atoms with van der Waals surface area (Å²) in [7, 11) is 0. The van der Waals surface area contributed by atoms with Gasteiger partial charge in [0, 0.05) is 30.5 Å². The monoisotopic (exact) mass is 471 g/mol. The smallest absolute Gasteiger partial charge is 0.343 e. The van der Waals surface area contributed by atoms with E-state index in [2.05, 4.69) is 0 Å². The van der Waals surface area contributed by atoms with Crippen LogP contribution in [0.3, 0.4) is 0 Å². The molecule has 1 atom stereocenters. The van der Waals surface area contributed by atoms with Gasteiger partial charge in [0.25, 0.3) is 0 Å². The molecule has 2 aromatic carbocycles. The van der Waals surface area contributed by atoms with Crippen LogP contribution in [0.15, 0.2) is 63.8 Å². The van der Waals surface area contributed by atoms with Crippen LogP contribution >= 0.6 is 0 Å². The van der Waals surface area contributed by atoms with Crippen molar-refractivity contribution in [1.82, 2.24) is 0 Å². The Hall–Kier alpha value is -3.34. The Morgan fingerprint density at radius 2 is 1.77 bits per heavy atom. The number of anilines is 1. The van der Waals surface area contributed by atoms with Gasteiger partial charge in [-0.25, -0.2) is 4.79 Å². The average Bonchev–Trinajstić information content (AvgIpc) is 3.67. The van der Waals surface area contributed by atoms with Crippen LogP contribution in [0.25, 0.3) is 0 Å². The molecule has 182 valence electrons. The number of rotatable bonds is 6. The van der Waals surface area contributed by atoms with Gasteiger partial charge in [-0.3, -0.25) is 4.79 Å². The number of amides is 1. The summed E-state index contributed by atoms with van der Waals surface area (Å²) in [5.74, 6) is 0.786. The van der Waals surface area contributed by atoms with E-state index >= 15 is 0 Å². The van der Waals surface area contributed by atoms with Crippen molar-refractivity contribution in [1.29, 1.82) is 0 Å². The minimum Gasteiger partial charge on any atom is -0.507 e. The number of nitrogens with zero attached hydrogens (tertiary/aromatic N) is 1. The van der Waals surface area contributed by atoms with Crippen molar-refractivity contribution >= 4 is 11.6 Å². The maximum Gasteiger partial charge on any atom is 0.343 e. The maximum atomic E-state index is 13.2. The summed E-state index contributed by atoms with van der Waals surface area (Å²) in [4.78, 5) is 27.6. The van der Waals surface area contributed by atoms with Crippen LogP contribution in [0.5, 0.6) is 5.75 Å². The lowest BCUT2D eigenvalue weighted by atomic mass is 9.85. The minimum atomic E-state index is -0.420. The van der Waals surface area contributed by atoms with E-state index < -0.39 is 5.63 Å². The highest BCUT2D eigenvalue weighted by Gasteiger charge is 2.38. The van der Waals surface area contributed by atoms with Crippen LogP contribution in [0, 0.1) is 5.92 Å². The lowest BCUT2D eigenvalue weighted by molar-refractivity contribution is -0.116. The molecule has 1 heterocycles. The number of carbonyl (C=O) groups excluding carboxylic acids is 1. The number of hydrogen-bond acceptors (Lipinski definition) is 4. The number of hydrogen-bond donors (Lipinski definition) is 1. The Bertz CT molecular complexity index is 1260. The second-order valence-corrected chi connectivity index (χ2v) is 9.97. The molecule has 2 aliphatic carbocycles. The number of aromatic hydroxyl groups is 1. The van der Waals surface area contributed by atoms with Crippen molar-refractivity contribution in [2.45, 2.75) is 70.8 Å². The largest absolute Gasteiger partial charge is 0.507 e. The number of carbonyl (C=O) groups is 1. The van der Waals surface area contributed by atoms with Gasteiger partial charge in [0.05, 0.1) is 12.1 Å². The zero-order valence-electron chi connectivity index (χ0n) is 20.3. The Balaban J connectivity index is 1.55. The van der Waals surface area contributed by atoms with E-state index in [4.69, 9.17) is 4.42 Å². The van der Waals surface area contributed by atoms with E-state index in [1.165, 1.54) is 0 Å². The lowest BCUT2D eigenvalue weighted by Gasteiger charge is -2.25. The average molecular weight is 472 g/mol. The molecule has 1 fully saturated rings. The minimum absolute atomic E-state index is 0.0440. The fourth-order valence-corrected chi connectivity index (χ4v) is 5.44. The van der Waals surface area contributed by atoms with E-state index in [-0.39, 0.29) is 23.5 Å². The van der Waals surface area contributed by atoms with Crippen LogP contribution in [0.2, 0.25) is 0 Å². The van der Waals surface area contributed by atoms with Crippen molar-refractivity contribution < 1.29 is 14.3 Å². The molecule has 5 rings (SSSR count). The summed E-state index contributed by atoms with van der Waals surface area (Å²) >= 11 is 0. The fraction of sp³-hybridized carbons (Fsp3) is 0.400. The van der Waals surface area contributed by atoms with Crippen molar-refractivity contribution in [3.63, 3.8) is 0 Å². The molecule has 1 aromatic heterocycles. The summed E-state index contributed by atoms with van der Waals surface area (Å²) in [6.45, 7) is 2.05. The molecule has 5 nitrogen and oxygen atoms in total. The quantitative estimate of drug-likeness (QED) is 0.472. The van der Waals surface area contributed by atoms with Gasteiger partial charge in [0.1, 0.15) is 11.5 Å². The number of benzene rings is 2. The van der Waals surface area contributed by atoms with E-state index in [0.29, 0.717) is 24.3 Å². The highest BCUT2D eigenvalue weighted by molar-refractivity contribution is 5.91. The standard InChI is InChI=1S/C30H33NO4/c1-20(32)31(19-21-10-5-4-6-11-21)24-13-9-12-23(18-24)27(22-16-17-22)28-29(33)25-14-7-2-3-8-15-26(25)35-30(28)34/h4-6,9-13,18,22,27,33H,2-3,7-8,14-17,19H2,1H3. The molecule has 1 unspecified atom stereocenters. The molecule has 0 spiro atoms. The lowest BCUT2D eigenvalue weighted by Crippen LogP contribution is -2.28. The predicted molar refractivity (Wildman–Crippen MR) is 137 cm³/mol. The molecular formula is C30H33NO4. The highest BCUT2D eigenvalue weighted by atomic mass is 16.4. The summed E-state index contributed by atoms with van der Waals surface area (Å²) in [5.41, 5.74) is 3.57. The summed E-state index contributed by atoms with van der Waals surface area (Å²) in [5, 5.41) is 11.4. The van der Waals surface area contributed by atoms with E-state index in [0.717, 1.165) is 67.3 Å². The number of aryl methyl sites for hydroxylation is 1. The third-order valence-corrected chi connectivity index (χ3v) is 7.40. The molecular weight excluding hydrogens is 438 g/mol. The molecule has 1 amide bonds. The van der Waals surface area contributed by atoms with E-state index in [1.807, 2.05) is 54.6 Å². The SMILES string of the molecule is CC(=O)N(Cc1ccccc1)c1cccc(C(c2c(O)c3c(oc2=O)CCCCCC3)C2CC2)c1. The molecule has 0 radical (unpaired) electrons. The first-order valence-electron chi connectivity index (χ1n) is 12.8. The molecule has 0 saturated heterocycles. The van der Waals surface area contributed by atoms with Crippen LogP contribution < -0.4 is 10.5 Å². The van der Waals surface area contributed by atoms with Gasteiger partial charge >= 0.3 is 5.63 Å². The third-order valence-electron chi connectivity index (χ3n) is 7.40. The molecule has 2 aliphatic rings. The van der Waals surface area contributed by atoms with Crippen LogP contribution in [0.4, 0.5) is 5.69 Å². The molecule has 0 bridgehead atoms. The second kappa shape index (κ2) is 10.1. The Morgan fingerprint density at radius 1 is 1.03 bits per heavy atom. The van der Waals surface area contributed by atoms with Gasteiger partial charge in [0.2, 0.25) is 5.91 Å². The summed E-state index contributed by atoms with van der Waals surface area (Å²) in [6, 6.07) is 17.8. The van der Waals surface area contributed by atoms with E-state index in [9.17, 15) is 14.7 Å². The summed E-state index contributed by atoms with van der Waals surface area (Å²) < 4.78 is 5.84. The Kier molecular flexibility index (Phi) is 6.76. The van der Waals surface area contributed by atoms with Crippen LogP contribution in [-0.2, 0) is 24.2 Å². The third kappa shape index (κ3) is 5.04. The molecule has 3 aromatic rings. The van der Waals surface area contributed by atoms with Crippen LogP contribution in [0.1, 0.15) is 79.4 Å². The van der Waals surface area contributed by atoms with Gasteiger partial charge in [-0.05, 0) is 61.3 Å². The van der Waals surface area contributed by atoms with Crippen molar-refractivity contribution in [2.75, 3.05) is 4.90 Å². The zero-order valence-corrected chi connectivity index (χ0v) is 20.3. The van der Waals surface area contributed by atoms with Gasteiger partial charge < -0.3 is 14.4 Å². The fourth-order valence-electron chi connectivity index (χ4n) is 5.44.